The van der Waals surface area contributed by atoms with Gasteiger partial charge in [-0.3, -0.25) is 14.8 Å². The van der Waals surface area contributed by atoms with Gasteiger partial charge in [-0.15, -0.1) is 17.7 Å². The molecule has 0 aliphatic carbocycles. The van der Waals surface area contributed by atoms with Gasteiger partial charge in [0, 0.05) is 17.0 Å². The van der Waals surface area contributed by atoms with Gasteiger partial charge in [0.05, 0.1) is 5.25 Å². The standard InChI is InChI=1S/C31H34N2O4S/c1-2-3-23-37-26-18-20-27(21-19-26)38-29(31(35)33-36)15-9-10-22-32-30(34)28-14-8-7-13-25(28)17-16-24-11-5-4-6-12-24/h4-8,11-14,18-21,29,36H,9-10,15-17,22-23H2,1H3,(H,32,34)(H,33,35). The van der Waals surface area contributed by atoms with Crippen LogP contribution >= 0.6 is 11.8 Å². The number of benzene rings is 3. The van der Waals surface area contributed by atoms with E-state index in [-0.39, 0.29) is 5.91 Å². The average Bonchev–Trinajstić information content (AvgIpc) is 2.96. The Bertz CT molecular complexity index is 1220. The number of nitrogens with one attached hydrogen (secondary N) is 2. The second-order valence-corrected chi connectivity index (χ2v) is 9.94. The topological polar surface area (TPSA) is 87.7 Å². The maximum absolute atomic E-state index is 12.9. The number of amides is 2. The first-order valence-corrected chi connectivity index (χ1v) is 13.6. The fourth-order valence-corrected chi connectivity index (χ4v) is 4.99. The van der Waals surface area contributed by atoms with Gasteiger partial charge in [-0.1, -0.05) is 60.9 Å². The second kappa shape index (κ2) is 16.2. The Labute approximate surface area is 229 Å². The minimum Gasteiger partial charge on any atom is -0.481 e. The molecule has 0 heterocycles. The fraction of sp³-hybridized carbons (Fsp3) is 0.290. The van der Waals surface area contributed by atoms with E-state index >= 15 is 0 Å². The molecule has 0 spiro atoms. The van der Waals surface area contributed by atoms with Crippen LogP contribution < -0.4 is 15.5 Å². The van der Waals surface area contributed by atoms with Gasteiger partial charge in [0.2, 0.25) is 0 Å². The highest BCUT2D eigenvalue weighted by Gasteiger charge is 2.19. The third-order valence-electron chi connectivity index (χ3n) is 5.96. The van der Waals surface area contributed by atoms with Gasteiger partial charge in [-0.2, -0.15) is 0 Å². The number of ether oxygens (including phenoxy) is 1. The molecule has 6 nitrogen and oxygen atoms in total. The molecule has 0 aliphatic heterocycles. The summed E-state index contributed by atoms with van der Waals surface area (Å²) in [4.78, 5) is 26.0. The molecule has 38 heavy (non-hydrogen) atoms. The summed E-state index contributed by atoms with van der Waals surface area (Å²) in [5.41, 5.74) is 4.74. The molecule has 1 atom stereocenters. The summed E-state index contributed by atoms with van der Waals surface area (Å²) in [6.07, 6.45) is 3.67. The molecule has 1 unspecified atom stereocenters. The van der Waals surface area contributed by atoms with Gasteiger partial charge in [-0.05, 0) is 74.1 Å². The van der Waals surface area contributed by atoms with Crippen molar-refractivity contribution in [2.75, 3.05) is 13.2 Å². The first kappa shape index (κ1) is 28.8. The van der Waals surface area contributed by atoms with Crippen molar-refractivity contribution in [3.8, 4) is 17.6 Å². The van der Waals surface area contributed by atoms with Crippen LogP contribution in [0.4, 0.5) is 0 Å². The van der Waals surface area contributed by atoms with Crippen LogP contribution in [-0.2, 0) is 17.6 Å². The zero-order valence-corrected chi connectivity index (χ0v) is 22.4. The lowest BCUT2D eigenvalue weighted by atomic mass is 9.99. The van der Waals surface area contributed by atoms with Crippen LogP contribution in [0.1, 0.15) is 47.7 Å². The normalized spacial score (nSPS) is 11.1. The van der Waals surface area contributed by atoms with Crippen LogP contribution in [0.5, 0.6) is 5.75 Å². The molecule has 3 aromatic rings. The Morgan fingerprint density at radius 1 is 0.947 bits per heavy atom. The smallest absolute Gasteiger partial charge is 0.256 e. The molecular weight excluding hydrogens is 496 g/mol. The van der Waals surface area contributed by atoms with E-state index in [9.17, 15) is 14.8 Å². The van der Waals surface area contributed by atoms with Crippen molar-refractivity contribution >= 4 is 23.6 Å². The van der Waals surface area contributed by atoms with Crippen molar-refractivity contribution in [2.24, 2.45) is 0 Å². The predicted octanol–water partition coefficient (Wildman–Crippen LogP) is 5.44. The first-order chi connectivity index (χ1) is 18.6. The molecular formula is C31H34N2O4S. The quantitative estimate of drug-likeness (QED) is 0.0849. The third kappa shape index (κ3) is 9.62. The Kier molecular flexibility index (Phi) is 12.3. The molecule has 198 valence electrons. The average molecular weight is 531 g/mol. The van der Waals surface area contributed by atoms with Gasteiger partial charge in [0.1, 0.15) is 12.4 Å². The van der Waals surface area contributed by atoms with E-state index < -0.39 is 11.2 Å². The highest BCUT2D eigenvalue weighted by Crippen LogP contribution is 2.28. The maximum Gasteiger partial charge on any atom is 0.256 e. The molecule has 3 rings (SSSR count). The number of aryl methyl sites for hydroxylation is 2. The number of hydrogen-bond acceptors (Lipinski definition) is 5. The Hall–Kier alpha value is -3.73. The number of thioether (sulfide) groups is 1. The summed E-state index contributed by atoms with van der Waals surface area (Å²) in [6, 6.07) is 25.4. The largest absolute Gasteiger partial charge is 0.481 e. The molecule has 0 saturated heterocycles. The molecule has 0 bridgehead atoms. The van der Waals surface area contributed by atoms with Crippen LogP contribution in [0.3, 0.4) is 0 Å². The summed E-state index contributed by atoms with van der Waals surface area (Å²) in [5, 5.41) is 11.7. The lowest BCUT2D eigenvalue weighted by Crippen LogP contribution is -2.30. The van der Waals surface area contributed by atoms with Gasteiger partial charge in [-0.25, -0.2) is 5.48 Å². The minimum absolute atomic E-state index is 0.0834. The van der Waals surface area contributed by atoms with Crippen LogP contribution in [0.25, 0.3) is 0 Å². The van der Waals surface area contributed by atoms with Crippen LogP contribution in [0.15, 0.2) is 83.8 Å². The second-order valence-electron chi connectivity index (χ2n) is 8.66. The Balaban J connectivity index is 1.45. The highest BCUT2D eigenvalue weighted by atomic mass is 32.2. The number of rotatable bonds is 14. The molecule has 3 aromatic carbocycles. The van der Waals surface area contributed by atoms with Crippen molar-refractivity contribution in [1.29, 1.82) is 0 Å². The van der Waals surface area contributed by atoms with Crippen LogP contribution in [0, 0.1) is 11.8 Å². The SMILES string of the molecule is CC#CCOc1ccc(SC(CCCCNC(=O)c2ccccc2CCc2ccccc2)C(=O)NO)cc1. The van der Waals surface area contributed by atoms with E-state index in [0.717, 1.165) is 36.1 Å². The van der Waals surface area contributed by atoms with E-state index in [2.05, 4.69) is 29.3 Å². The number of unbranched alkanes of at least 4 members (excludes halogenated alkanes) is 1. The number of hydroxylamine groups is 1. The Morgan fingerprint density at radius 3 is 2.42 bits per heavy atom. The minimum atomic E-state index is -0.452. The third-order valence-corrected chi connectivity index (χ3v) is 7.24. The molecule has 3 N–H and O–H groups in total. The van der Waals surface area contributed by atoms with Crippen molar-refractivity contribution in [3.05, 3.63) is 95.6 Å². The summed E-state index contributed by atoms with van der Waals surface area (Å²) >= 11 is 1.38. The van der Waals surface area contributed by atoms with E-state index in [0.29, 0.717) is 30.9 Å². The fourth-order valence-electron chi connectivity index (χ4n) is 3.92. The lowest BCUT2D eigenvalue weighted by molar-refractivity contribution is -0.128. The molecule has 2 amide bonds. The van der Waals surface area contributed by atoms with Crippen molar-refractivity contribution in [3.63, 3.8) is 0 Å². The van der Waals surface area contributed by atoms with Gasteiger partial charge >= 0.3 is 0 Å². The van der Waals surface area contributed by atoms with E-state index in [4.69, 9.17) is 4.74 Å². The maximum atomic E-state index is 12.9. The molecule has 0 aromatic heterocycles. The van der Waals surface area contributed by atoms with Crippen LogP contribution in [-0.4, -0.2) is 35.4 Å². The molecule has 0 fully saturated rings. The molecule has 7 heteroatoms. The van der Waals surface area contributed by atoms with Crippen molar-refractivity contribution in [1.82, 2.24) is 10.8 Å². The zero-order valence-electron chi connectivity index (χ0n) is 21.6. The molecule has 0 saturated carbocycles. The first-order valence-electron chi connectivity index (χ1n) is 12.7. The van der Waals surface area contributed by atoms with E-state index in [1.807, 2.05) is 66.7 Å². The zero-order chi connectivity index (χ0) is 27.0. The van der Waals surface area contributed by atoms with Gasteiger partial charge < -0.3 is 10.1 Å². The lowest BCUT2D eigenvalue weighted by Gasteiger charge is -2.15. The van der Waals surface area contributed by atoms with E-state index in [1.165, 1.54) is 17.3 Å². The Morgan fingerprint density at radius 2 is 1.68 bits per heavy atom. The van der Waals surface area contributed by atoms with Crippen molar-refractivity contribution in [2.45, 2.75) is 49.2 Å². The van der Waals surface area contributed by atoms with Gasteiger partial charge in [0.25, 0.3) is 11.8 Å². The number of carbonyl (C=O) groups excluding carboxylic acids is 2. The highest BCUT2D eigenvalue weighted by molar-refractivity contribution is 8.00. The number of carbonyl (C=O) groups is 2. The summed E-state index contributed by atoms with van der Waals surface area (Å²) in [5.74, 6) is 5.81. The van der Waals surface area contributed by atoms with E-state index in [1.54, 1.807) is 12.4 Å². The number of hydrogen-bond donors (Lipinski definition) is 3. The monoisotopic (exact) mass is 530 g/mol. The summed E-state index contributed by atoms with van der Waals surface area (Å²) < 4.78 is 5.52. The summed E-state index contributed by atoms with van der Waals surface area (Å²) in [6.45, 7) is 2.60. The van der Waals surface area contributed by atoms with Crippen molar-refractivity contribution < 1.29 is 19.5 Å². The van der Waals surface area contributed by atoms with Crippen LogP contribution in [0.2, 0.25) is 0 Å². The summed E-state index contributed by atoms with van der Waals surface area (Å²) in [7, 11) is 0. The predicted molar refractivity (Wildman–Crippen MR) is 151 cm³/mol. The van der Waals surface area contributed by atoms with Gasteiger partial charge in [0.15, 0.2) is 0 Å². The molecule has 0 radical (unpaired) electrons. The molecule has 0 aliphatic rings.